The van der Waals surface area contributed by atoms with Gasteiger partial charge in [0.1, 0.15) is 11.6 Å². The Morgan fingerprint density at radius 1 is 0.861 bits per heavy atom. The average molecular weight is 545 g/mol. The topological polar surface area (TPSA) is 44.1 Å². The second-order valence-electron chi connectivity index (χ2n) is 8.03. The van der Waals surface area contributed by atoms with Gasteiger partial charge in [-0.3, -0.25) is 0 Å². The lowest BCUT2D eigenvalue weighted by Crippen LogP contribution is -2.13. The van der Waals surface area contributed by atoms with Crippen LogP contribution < -0.4 is 4.74 Å². The van der Waals surface area contributed by atoms with Gasteiger partial charge in [-0.1, -0.05) is 70.5 Å². The standard InChI is InChI=1S/C29H19BrF2N2O2/c30-20-15-13-19(14-16-20)18-34-26-11-5-4-10-25(26)33-28(34)17-22(21-7-1-2-8-23(21)31)29(35)36-27-12-6-3-9-24(27)32/h1-17H,18H2/b22-17-. The Labute approximate surface area is 214 Å². The fourth-order valence-corrected chi connectivity index (χ4v) is 4.14. The fourth-order valence-electron chi connectivity index (χ4n) is 3.88. The summed E-state index contributed by atoms with van der Waals surface area (Å²) in [7, 11) is 0. The number of esters is 1. The van der Waals surface area contributed by atoms with Gasteiger partial charge in [-0.25, -0.2) is 18.6 Å². The maximum absolute atomic E-state index is 14.9. The minimum Gasteiger partial charge on any atom is -0.420 e. The minimum atomic E-state index is -0.896. The van der Waals surface area contributed by atoms with E-state index in [1.54, 1.807) is 12.1 Å². The van der Waals surface area contributed by atoms with Crippen LogP contribution in [0, 0.1) is 11.6 Å². The highest BCUT2D eigenvalue weighted by molar-refractivity contribution is 9.10. The number of imidazole rings is 1. The molecule has 5 aromatic rings. The molecule has 0 aliphatic carbocycles. The summed E-state index contributed by atoms with van der Waals surface area (Å²) in [5.41, 5.74) is 2.53. The van der Waals surface area contributed by atoms with Crippen molar-refractivity contribution in [1.29, 1.82) is 0 Å². The van der Waals surface area contributed by atoms with Crippen LogP contribution in [0.2, 0.25) is 0 Å². The lowest BCUT2D eigenvalue weighted by Gasteiger charge is -2.12. The number of para-hydroxylation sites is 3. The number of carbonyl (C=O) groups is 1. The zero-order chi connectivity index (χ0) is 25.1. The van der Waals surface area contributed by atoms with E-state index in [9.17, 15) is 13.6 Å². The highest BCUT2D eigenvalue weighted by atomic mass is 79.9. The Morgan fingerprint density at radius 2 is 1.53 bits per heavy atom. The molecule has 7 heteroatoms. The number of nitrogens with zero attached hydrogens (tertiary/aromatic N) is 2. The summed E-state index contributed by atoms with van der Waals surface area (Å²) >= 11 is 3.45. The number of hydrogen-bond donors (Lipinski definition) is 0. The van der Waals surface area contributed by atoms with E-state index in [2.05, 4.69) is 15.9 Å². The number of hydrogen-bond acceptors (Lipinski definition) is 3. The van der Waals surface area contributed by atoms with Crippen molar-refractivity contribution in [2.75, 3.05) is 0 Å². The molecule has 0 bridgehead atoms. The summed E-state index contributed by atoms with van der Waals surface area (Å²) in [6, 6.07) is 26.9. The van der Waals surface area contributed by atoms with Gasteiger partial charge in [0.2, 0.25) is 0 Å². The maximum atomic E-state index is 14.9. The monoisotopic (exact) mass is 544 g/mol. The van der Waals surface area contributed by atoms with Crippen LogP contribution in [0.25, 0.3) is 22.7 Å². The third kappa shape index (κ3) is 4.97. The van der Waals surface area contributed by atoms with Gasteiger partial charge in [0.25, 0.3) is 0 Å². The summed E-state index contributed by atoms with van der Waals surface area (Å²) < 4.78 is 37.3. The second-order valence-corrected chi connectivity index (χ2v) is 8.94. The smallest absolute Gasteiger partial charge is 0.344 e. The summed E-state index contributed by atoms with van der Waals surface area (Å²) in [6.07, 6.45) is 1.49. The summed E-state index contributed by atoms with van der Waals surface area (Å²) in [5.74, 6) is -2.01. The molecule has 4 aromatic carbocycles. The number of benzene rings is 4. The SMILES string of the molecule is O=C(Oc1ccccc1F)/C(=C\c1nc2ccccc2n1Cc1ccc(Br)cc1)c1ccccc1F. The second kappa shape index (κ2) is 10.3. The molecule has 0 saturated carbocycles. The van der Waals surface area contributed by atoms with Crippen molar-refractivity contribution in [2.45, 2.75) is 6.54 Å². The number of ether oxygens (including phenoxy) is 1. The molecule has 1 aromatic heterocycles. The third-order valence-corrected chi connectivity index (χ3v) is 6.16. The van der Waals surface area contributed by atoms with Crippen LogP contribution in [0.1, 0.15) is 17.0 Å². The van der Waals surface area contributed by atoms with Gasteiger partial charge in [-0.15, -0.1) is 0 Å². The molecule has 0 N–H and O–H groups in total. The highest BCUT2D eigenvalue weighted by Crippen LogP contribution is 2.27. The molecule has 178 valence electrons. The maximum Gasteiger partial charge on any atom is 0.344 e. The average Bonchev–Trinajstić information content (AvgIpc) is 3.22. The van der Waals surface area contributed by atoms with Gasteiger partial charge in [0, 0.05) is 16.6 Å². The van der Waals surface area contributed by atoms with E-state index in [0.717, 1.165) is 21.1 Å². The van der Waals surface area contributed by atoms with Crippen LogP contribution in [0.3, 0.4) is 0 Å². The van der Waals surface area contributed by atoms with Crippen molar-refractivity contribution in [3.63, 3.8) is 0 Å². The van der Waals surface area contributed by atoms with Gasteiger partial charge < -0.3 is 9.30 Å². The van der Waals surface area contributed by atoms with Crippen molar-refractivity contribution in [3.8, 4) is 5.75 Å². The molecule has 0 spiro atoms. The van der Waals surface area contributed by atoms with Crippen molar-refractivity contribution >= 4 is 44.6 Å². The van der Waals surface area contributed by atoms with E-state index in [0.29, 0.717) is 12.4 Å². The Bertz CT molecular complexity index is 1590. The van der Waals surface area contributed by atoms with Gasteiger partial charge in [0.15, 0.2) is 11.6 Å². The van der Waals surface area contributed by atoms with E-state index in [1.807, 2.05) is 53.1 Å². The van der Waals surface area contributed by atoms with Crippen LogP contribution in [-0.4, -0.2) is 15.5 Å². The molecule has 0 fully saturated rings. The third-order valence-electron chi connectivity index (χ3n) is 5.63. The number of carbonyl (C=O) groups excluding carboxylic acids is 1. The van der Waals surface area contributed by atoms with Crippen LogP contribution >= 0.6 is 15.9 Å². The number of fused-ring (bicyclic) bond motifs is 1. The largest absolute Gasteiger partial charge is 0.420 e. The normalized spacial score (nSPS) is 11.6. The number of halogens is 3. The molecule has 0 unspecified atom stereocenters. The molecule has 0 aliphatic rings. The van der Waals surface area contributed by atoms with E-state index in [-0.39, 0.29) is 16.9 Å². The van der Waals surface area contributed by atoms with E-state index >= 15 is 0 Å². The Balaban J connectivity index is 1.65. The predicted octanol–water partition coefficient (Wildman–Crippen LogP) is 7.27. The summed E-state index contributed by atoms with van der Waals surface area (Å²) in [5, 5.41) is 0. The van der Waals surface area contributed by atoms with E-state index in [1.165, 1.54) is 42.5 Å². The predicted molar refractivity (Wildman–Crippen MR) is 139 cm³/mol. The van der Waals surface area contributed by atoms with Crippen LogP contribution in [0.15, 0.2) is 102 Å². The van der Waals surface area contributed by atoms with E-state index in [4.69, 9.17) is 9.72 Å². The lowest BCUT2D eigenvalue weighted by molar-refractivity contribution is -0.128. The molecule has 5 rings (SSSR count). The first-order valence-electron chi connectivity index (χ1n) is 11.1. The molecule has 0 saturated heterocycles. The summed E-state index contributed by atoms with van der Waals surface area (Å²) in [6.45, 7) is 0.465. The van der Waals surface area contributed by atoms with E-state index < -0.39 is 17.6 Å². The number of rotatable bonds is 6. The Morgan fingerprint density at radius 3 is 2.28 bits per heavy atom. The molecule has 1 heterocycles. The van der Waals surface area contributed by atoms with Crippen LogP contribution in [0.4, 0.5) is 8.78 Å². The molecular weight excluding hydrogens is 526 g/mol. The number of aromatic nitrogens is 2. The van der Waals surface area contributed by atoms with Crippen LogP contribution in [-0.2, 0) is 11.3 Å². The molecule has 36 heavy (non-hydrogen) atoms. The summed E-state index contributed by atoms with van der Waals surface area (Å²) in [4.78, 5) is 18.0. The molecule has 0 amide bonds. The molecule has 0 atom stereocenters. The zero-order valence-corrected chi connectivity index (χ0v) is 20.5. The van der Waals surface area contributed by atoms with Gasteiger partial charge in [-0.05, 0) is 54.1 Å². The first-order valence-corrected chi connectivity index (χ1v) is 11.9. The van der Waals surface area contributed by atoms with Crippen molar-refractivity contribution in [3.05, 3.63) is 130 Å². The molecule has 0 aliphatic heterocycles. The quantitative estimate of drug-likeness (QED) is 0.128. The van der Waals surface area contributed by atoms with Crippen molar-refractivity contribution in [1.82, 2.24) is 9.55 Å². The zero-order valence-electron chi connectivity index (χ0n) is 18.9. The van der Waals surface area contributed by atoms with Crippen molar-refractivity contribution in [2.24, 2.45) is 0 Å². The van der Waals surface area contributed by atoms with Gasteiger partial charge in [-0.2, -0.15) is 0 Å². The Hall–Kier alpha value is -4.10. The molecular formula is C29H19BrF2N2O2. The molecule has 0 radical (unpaired) electrons. The van der Waals surface area contributed by atoms with Gasteiger partial charge >= 0.3 is 5.97 Å². The molecule has 4 nitrogen and oxygen atoms in total. The lowest BCUT2D eigenvalue weighted by atomic mass is 10.0. The first kappa shape index (κ1) is 23.6. The van der Waals surface area contributed by atoms with Gasteiger partial charge in [0.05, 0.1) is 16.6 Å². The van der Waals surface area contributed by atoms with Crippen LogP contribution in [0.5, 0.6) is 5.75 Å². The first-order chi connectivity index (χ1) is 17.5. The minimum absolute atomic E-state index is 0.0288. The Kier molecular flexibility index (Phi) is 6.73. The fraction of sp³-hybridized carbons (Fsp3) is 0.0345. The van der Waals surface area contributed by atoms with Crippen molar-refractivity contribution < 1.29 is 18.3 Å². The highest BCUT2D eigenvalue weighted by Gasteiger charge is 2.21.